The molecule has 0 N–H and O–H groups in total. The highest BCUT2D eigenvalue weighted by Crippen LogP contribution is 2.31. The number of halogens is 2. The fraction of sp³-hybridized carbons (Fsp3) is 0.154. The smallest absolute Gasteiger partial charge is 0.363 e. The van der Waals surface area contributed by atoms with Crippen LogP contribution in [0.1, 0.15) is 29.2 Å². The topological polar surface area (TPSA) is 57.1 Å². The van der Waals surface area contributed by atoms with E-state index < -0.39 is 5.97 Å². The molecule has 0 radical (unpaired) electrons. The summed E-state index contributed by atoms with van der Waals surface area (Å²) in [6.45, 7) is 4.83. The molecule has 0 saturated carbocycles. The maximum Gasteiger partial charge on any atom is 0.363 e. The van der Waals surface area contributed by atoms with Crippen LogP contribution in [0.15, 0.2) is 71.4 Å². The Morgan fingerprint density at radius 1 is 1.00 bits per heavy atom. The zero-order chi connectivity index (χ0) is 23.4. The Labute approximate surface area is 202 Å². The van der Waals surface area contributed by atoms with Gasteiger partial charge < -0.3 is 14.2 Å². The van der Waals surface area contributed by atoms with Crippen LogP contribution >= 0.6 is 23.2 Å². The molecule has 0 atom stereocenters. The van der Waals surface area contributed by atoms with Crippen molar-refractivity contribution in [2.24, 2.45) is 4.99 Å². The van der Waals surface area contributed by atoms with Gasteiger partial charge >= 0.3 is 5.97 Å². The summed E-state index contributed by atoms with van der Waals surface area (Å²) in [5.41, 5.74) is 3.62. The molecular weight excluding hydrogens is 461 g/mol. The molecule has 5 nitrogen and oxygen atoms in total. The minimum absolute atomic E-state index is 0.135. The average Bonchev–Trinajstić information content (AvgIpc) is 3.13. The number of carbonyl (C=O) groups is 1. The molecule has 0 spiro atoms. The maximum absolute atomic E-state index is 12.4. The molecule has 0 aromatic heterocycles. The fourth-order valence-electron chi connectivity index (χ4n) is 3.31. The predicted molar refractivity (Wildman–Crippen MR) is 130 cm³/mol. The lowest BCUT2D eigenvalue weighted by Gasteiger charge is -2.13. The summed E-state index contributed by atoms with van der Waals surface area (Å²) in [5.74, 6) is 0.771. The fourth-order valence-corrected chi connectivity index (χ4v) is 3.80. The molecule has 0 aliphatic carbocycles. The minimum atomic E-state index is -0.561. The number of aryl methyl sites for hydroxylation is 1. The summed E-state index contributed by atoms with van der Waals surface area (Å²) in [4.78, 5) is 16.7. The summed E-state index contributed by atoms with van der Waals surface area (Å²) in [6.07, 6.45) is 1.63. The van der Waals surface area contributed by atoms with Gasteiger partial charge in [-0.2, -0.15) is 0 Å². The zero-order valence-corrected chi connectivity index (χ0v) is 19.6. The SMILES string of the molecule is CCOc1cc(/C=C2\N=C(c3ccc(Cl)cc3Cl)OC2=O)ccc1OCc1cccc(C)c1. The van der Waals surface area contributed by atoms with E-state index in [1.54, 1.807) is 30.3 Å². The van der Waals surface area contributed by atoms with Crippen LogP contribution in [-0.2, 0) is 16.1 Å². The lowest BCUT2D eigenvalue weighted by Crippen LogP contribution is -2.06. The van der Waals surface area contributed by atoms with E-state index in [0.717, 1.165) is 11.1 Å². The summed E-state index contributed by atoms with van der Waals surface area (Å²) < 4.78 is 17.1. The summed E-state index contributed by atoms with van der Waals surface area (Å²) in [5, 5.41) is 0.835. The predicted octanol–water partition coefficient (Wildman–Crippen LogP) is 6.62. The number of ether oxygens (including phenoxy) is 3. The van der Waals surface area contributed by atoms with E-state index in [0.29, 0.717) is 40.3 Å². The number of hydrogen-bond acceptors (Lipinski definition) is 5. The van der Waals surface area contributed by atoms with Gasteiger partial charge in [-0.3, -0.25) is 0 Å². The first-order valence-electron chi connectivity index (χ1n) is 10.4. The Morgan fingerprint density at radius 2 is 1.85 bits per heavy atom. The zero-order valence-electron chi connectivity index (χ0n) is 18.1. The molecule has 168 valence electrons. The molecule has 3 aromatic rings. The van der Waals surface area contributed by atoms with Crippen molar-refractivity contribution in [2.45, 2.75) is 20.5 Å². The van der Waals surface area contributed by atoms with Crippen LogP contribution in [0.5, 0.6) is 11.5 Å². The van der Waals surface area contributed by atoms with Crippen LogP contribution in [0.25, 0.3) is 6.08 Å². The molecule has 0 fully saturated rings. The molecule has 0 unspecified atom stereocenters. The number of carbonyl (C=O) groups excluding carboxylic acids is 1. The van der Waals surface area contributed by atoms with Gasteiger partial charge in [-0.05, 0) is 61.4 Å². The van der Waals surface area contributed by atoms with E-state index in [9.17, 15) is 4.79 Å². The molecule has 1 aliphatic heterocycles. The van der Waals surface area contributed by atoms with Gasteiger partial charge in [0.05, 0.1) is 17.2 Å². The number of aliphatic imine (C=N–C) groups is 1. The summed E-state index contributed by atoms with van der Waals surface area (Å²) in [7, 11) is 0. The van der Waals surface area contributed by atoms with Crippen molar-refractivity contribution in [1.82, 2.24) is 0 Å². The maximum atomic E-state index is 12.4. The van der Waals surface area contributed by atoms with Gasteiger partial charge in [0.2, 0.25) is 5.90 Å². The van der Waals surface area contributed by atoms with Crippen LogP contribution in [0.2, 0.25) is 10.0 Å². The second-order valence-electron chi connectivity index (χ2n) is 7.38. The van der Waals surface area contributed by atoms with E-state index in [1.807, 2.05) is 44.2 Å². The third-order valence-corrected chi connectivity index (χ3v) is 5.38. The van der Waals surface area contributed by atoms with E-state index >= 15 is 0 Å². The summed E-state index contributed by atoms with van der Waals surface area (Å²) in [6, 6.07) is 18.5. The standard InChI is InChI=1S/C26H21Cl2NO4/c1-3-31-24-13-17(7-10-23(24)32-15-18-6-4-5-16(2)11-18)12-22-26(30)33-25(29-22)20-9-8-19(27)14-21(20)28/h4-14H,3,15H2,1-2H3/b22-12-. The van der Waals surface area contributed by atoms with Gasteiger partial charge in [-0.1, -0.05) is 59.1 Å². The van der Waals surface area contributed by atoms with Gasteiger partial charge in [0.1, 0.15) is 6.61 Å². The van der Waals surface area contributed by atoms with Crippen molar-refractivity contribution in [1.29, 1.82) is 0 Å². The molecule has 4 rings (SSSR count). The number of nitrogens with zero attached hydrogens (tertiary/aromatic N) is 1. The molecule has 33 heavy (non-hydrogen) atoms. The summed E-state index contributed by atoms with van der Waals surface area (Å²) >= 11 is 12.2. The monoisotopic (exact) mass is 481 g/mol. The first-order chi connectivity index (χ1) is 15.9. The van der Waals surface area contributed by atoms with Crippen LogP contribution < -0.4 is 9.47 Å². The third kappa shape index (κ3) is 5.56. The Balaban J connectivity index is 1.57. The number of esters is 1. The van der Waals surface area contributed by atoms with E-state index in [1.165, 1.54) is 5.56 Å². The average molecular weight is 482 g/mol. The minimum Gasteiger partial charge on any atom is -0.490 e. The lowest BCUT2D eigenvalue weighted by atomic mass is 10.1. The van der Waals surface area contributed by atoms with Crippen molar-refractivity contribution in [2.75, 3.05) is 6.61 Å². The number of benzene rings is 3. The normalized spacial score (nSPS) is 14.2. The number of hydrogen-bond donors (Lipinski definition) is 0. The molecule has 7 heteroatoms. The molecule has 0 amide bonds. The second-order valence-corrected chi connectivity index (χ2v) is 8.22. The first-order valence-corrected chi connectivity index (χ1v) is 11.1. The van der Waals surface area contributed by atoms with Crippen molar-refractivity contribution in [3.8, 4) is 11.5 Å². The molecule has 1 heterocycles. The highest BCUT2D eigenvalue weighted by atomic mass is 35.5. The van der Waals surface area contributed by atoms with Gasteiger partial charge in [0, 0.05) is 5.02 Å². The van der Waals surface area contributed by atoms with Crippen LogP contribution in [0, 0.1) is 6.92 Å². The number of cyclic esters (lactones) is 1. The van der Waals surface area contributed by atoms with Gasteiger partial charge in [0.25, 0.3) is 0 Å². The van der Waals surface area contributed by atoms with Gasteiger partial charge in [0.15, 0.2) is 17.2 Å². The lowest BCUT2D eigenvalue weighted by molar-refractivity contribution is -0.129. The Morgan fingerprint density at radius 3 is 2.61 bits per heavy atom. The van der Waals surface area contributed by atoms with Crippen molar-refractivity contribution in [3.63, 3.8) is 0 Å². The molecule has 0 bridgehead atoms. The largest absolute Gasteiger partial charge is 0.490 e. The van der Waals surface area contributed by atoms with E-state index in [-0.39, 0.29) is 11.6 Å². The quantitative estimate of drug-likeness (QED) is 0.280. The molecule has 1 aliphatic rings. The highest BCUT2D eigenvalue weighted by molar-refractivity contribution is 6.37. The number of rotatable bonds is 7. The van der Waals surface area contributed by atoms with Crippen molar-refractivity contribution in [3.05, 3.63) is 98.7 Å². The van der Waals surface area contributed by atoms with Gasteiger partial charge in [-0.25, -0.2) is 9.79 Å². The Bertz CT molecular complexity index is 1270. The third-order valence-electron chi connectivity index (χ3n) is 4.83. The second kappa shape index (κ2) is 10.1. The van der Waals surface area contributed by atoms with Crippen LogP contribution in [-0.4, -0.2) is 18.5 Å². The van der Waals surface area contributed by atoms with E-state index in [2.05, 4.69) is 11.1 Å². The Hall–Kier alpha value is -3.28. The van der Waals surface area contributed by atoms with E-state index in [4.69, 9.17) is 37.4 Å². The van der Waals surface area contributed by atoms with Gasteiger partial charge in [-0.15, -0.1) is 0 Å². The van der Waals surface area contributed by atoms with Crippen molar-refractivity contribution < 1.29 is 19.0 Å². The Kier molecular flexibility index (Phi) is 7.02. The van der Waals surface area contributed by atoms with Crippen LogP contribution in [0.4, 0.5) is 0 Å². The van der Waals surface area contributed by atoms with Crippen molar-refractivity contribution >= 4 is 41.1 Å². The molecule has 0 saturated heterocycles. The molecule has 3 aromatic carbocycles. The molecular formula is C26H21Cl2NO4. The van der Waals surface area contributed by atoms with Crippen LogP contribution in [0.3, 0.4) is 0 Å². The first kappa shape index (κ1) is 22.9. The highest BCUT2D eigenvalue weighted by Gasteiger charge is 2.25.